The van der Waals surface area contributed by atoms with Crippen LogP contribution < -0.4 is 0 Å². The first-order chi connectivity index (χ1) is 8.24. The average Bonchev–Trinajstić information content (AvgIpc) is 2.38. The Balaban J connectivity index is 3.46. The molecule has 1 heteroatoms. The Morgan fingerprint density at radius 3 is 1.71 bits per heavy atom. The van der Waals surface area contributed by atoms with Crippen LogP contribution in [0.15, 0.2) is 12.7 Å². The van der Waals surface area contributed by atoms with E-state index >= 15 is 0 Å². The lowest BCUT2D eigenvalue weighted by molar-refractivity contribution is 0.608. The van der Waals surface area contributed by atoms with Crippen molar-refractivity contribution in [1.29, 1.82) is 0 Å². The van der Waals surface area contributed by atoms with Crippen LogP contribution in [0, 0.1) is 0 Å². The second-order valence-electron chi connectivity index (χ2n) is 5.51. The van der Waals surface area contributed by atoms with Gasteiger partial charge in [-0.1, -0.05) is 83.1 Å². The molecule has 0 saturated heterocycles. The molecule has 0 amide bonds. The highest BCUT2D eigenvalue weighted by Gasteiger charge is 2.25. The molecular weight excluding hydrogens is 220 g/mol. The summed E-state index contributed by atoms with van der Waals surface area (Å²) in [5.41, 5.74) is 0. The molecule has 0 aromatic carbocycles. The first kappa shape index (κ1) is 17.0. The molecule has 0 nitrogen and oxygen atoms in total. The van der Waals surface area contributed by atoms with E-state index in [2.05, 4.69) is 27.4 Å². The number of rotatable bonds is 12. The Hall–Kier alpha value is -0.0431. The Kier molecular flexibility index (Phi) is 11.0. The highest BCUT2D eigenvalue weighted by molar-refractivity contribution is 6.79. The standard InChI is InChI=1S/C16H34Si/c1-5-9-10-11-12-13-14-15-16-17(6-2,7-3)8-4/h5H,1,6-16H2,2-4H3. The molecule has 0 aliphatic carbocycles. The van der Waals surface area contributed by atoms with Gasteiger partial charge in [-0.25, -0.2) is 0 Å². The largest absolute Gasteiger partial charge is 0.103 e. The molecule has 0 aromatic rings. The maximum atomic E-state index is 3.77. The SMILES string of the molecule is C=CCCCCCCCC[Si](CC)(CC)CC. The summed E-state index contributed by atoms with van der Waals surface area (Å²) in [7, 11) is -0.812. The predicted octanol–water partition coefficient (Wildman–Crippen LogP) is 6.41. The van der Waals surface area contributed by atoms with E-state index in [1.807, 2.05) is 6.08 Å². The van der Waals surface area contributed by atoms with Crippen LogP contribution in [0.5, 0.6) is 0 Å². The minimum absolute atomic E-state index is 0.812. The summed E-state index contributed by atoms with van der Waals surface area (Å²) in [6.07, 6.45) is 11.9. The van der Waals surface area contributed by atoms with E-state index in [0.29, 0.717) is 0 Å². The summed E-state index contributed by atoms with van der Waals surface area (Å²) >= 11 is 0. The van der Waals surface area contributed by atoms with Crippen molar-refractivity contribution in [3.05, 3.63) is 12.7 Å². The summed E-state index contributed by atoms with van der Waals surface area (Å²) in [4.78, 5) is 0. The maximum absolute atomic E-state index is 3.77. The molecule has 0 atom stereocenters. The summed E-state index contributed by atoms with van der Waals surface area (Å²) in [6.45, 7) is 11.0. The van der Waals surface area contributed by atoms with Gasteiger partial charge in [0.1, 0.15) is 0 Å². The third-order valence-electron chi connectivity index (χ3n) is 4.62. The van der Waals surface area contributed by atoms with E-state index < -0.39 is 8.07 Å². The molecule has 102 valence electrons. The van der Waals surface area contributed by atoms with Crippen molar-refractivity contribution in [2.45, 2.75) is 89.9 Å². The molecule has 0 unspecified atom stereocenters. The molecule has 0 aliphatic heterocycles. The van der Waals surface area contributed by atoms with Crippen molar-refractivity contribution in [2.24, 2.45) is 0 Å². The molecule has 0 aliphatic rings. The zero-order valence-corrected chi connectivity index (χ0v) is 13.6. The van der Waals surface area contributed by atoms with Crippen LogP contribution in [0.4, 0.5) is 0 Å². The number of hydrogen-bond acceptors (Lipinski definition) is 0. The summed E-state index contributed by atoms with van der Waals surface area (Å²) in [5, 5.41) is 0. The van der Waals surface area contributed by atoms with E-state index in [-0.39, 0.29) is 0 Å². The van der Waals surface area contributed by atoms with Gasteiger partial charge in [0.05, 0.1) is 8.07 Å². The van der Waals surface area contributed by atoms with Crippen LogP contribution in [-0.4, -0.2) is 8.07 Å². The molecule has 0 aromatic heterocycles. The Bertz CT molecular complexity index is 162. The van der Waals surface area contributed by atoms with Crippen molar-refractivity contribution < 1.29 is 0 Å². The monoisotopic (exact) mass is 254 g/mol. The topological polar surface area (TPSA) is 0 Å². The third-order valence-corrected chi connectivity index (χ3v) is 10.5. The zero-order valence-electron chi connectivity index (χ0n) is 12.6. The fourth-order valence-corrected chi connectivity index (χ4v) is 6.34. The van der Waals surface area contributed by atoms with Crippen LogP contribution in [0.1, 0.15) is 65.7 Å². The zero-order chi connectivity index (χ0) is 13.0. The summed E-state index contributed by atoms with van der Waals surface area (Å²) < 4.78 is 0. The van der Waals surface area contributed by atoms with Crippen LogP contribution in [0.3, 0.4) is 0 Å². The van der Waals surface area contributed by atoms with Gasteiger partial charge in [-0.3, -0.25) is 0 Å². The average molecular weight is 255 g/mol. The van der Waals surface area contributed by atoms with E-state index in [1.165, 1.54) is 63.1 Å². The second kappa shape index (κ2) is 11.1. The number of hydrogen-bond donors (Lipinski definition) is 0. The minimum atomic E-state index is -0.812. The van der Waals surface area contributed by atoms with Gasteiger partial charge in [0.2, 0.25) is 0 Å². The maximum Gasteiger partial charge on any atom is 0.0527 e. The lowest BCUT2D eigenvalue weighted by atomic mass is 10.1. The number of unbranched alkanes of at least 4 members (excludes halogenated alkanes) is 6. The molecule has 0 N–H and O–H groups in total. The van der Waals surface area contributed by atoms with Crippen LogP contribution in [-0.2, 0) is 0 Å². The smallest absolute Gasteiger partial charge is 0.0527 e. The molecule has 0 rings (SSSR count). The van der Waals surface area contributed by atoms with E-state index in [4.69, 9.17) is 0 Å². The lowest BCUT2D eigenvalue weighted by Gasteiger charge is -2.28. The Labute approximate surface area is 111 Å². The first-order valence-corrected chi connectivity index (χ1v) is 10.7. The molecule has 0 spiro atoms. The Morgan fingerprint density at radius 1 is 0.765 bits per heavy atom. The highest BCUT2D eigenvalue weighted by atomic mass is 28.3. The molecule has 0 bridgehead atoms. The number of allylic oxidation sites excluding steroid dienone is 1. The van der Waals surface area contributed by atoms with Gasteiger partial charge in [0.25, 0.3) is 0 Å². The summed E-state index contributed by atoms with van der Waals surface area (Å²) in [5.74, 6) is 0. The fraction of sp³-hybridized carbons (Fsp3) is 0.875. The lowest BCUT2D eigenvalue weighted by Crippen LogP contribution is -2.30. The predicted molar refractivity (Wildman–Crippen MR) is 84.5 cm³/mol. The van der Waals surface area contributed by atoms with Gasteiger partial charge < -0.3 is 0 Å². The van der Waals surface area contributed by atoms with E-state index in [1.54, 1.807) is 6.04 Å². The van der Waals surface area contributed by atoms with Crippen LogP contribution in [0.25, 0.3) is 0 Å². The van der Waals surface area contributed by atoms with Gasteiger partial charge in [0.15, 0.2) is 0 Å². The molecule has 0 heterocycles. The Morgan fingerprint density at radius 2 is 1.24 bits per heavy atom. The molecular formula is C16H34Si. The quantitative estimate of drug-likeness (QED) is 0.214. The normalized spacial score (nSPS) is 11.7. The third kappa shape index (κ3) is 7.80. The van der Waals surface area contributed by atoms with E-state index in [0.717, 1.165) is 0 Å². The van der Waals surface area contributed by atoms with Gasteiger partial charge in [-0.2, -0.15) is 0 Å². The van der Waals surface area contributed by atoms with Crippen LogP contribution in [0.2, 0.25) is 24.2 Å². The second-order valence-corrected chi connectivity index (χ2v) is 11.1. The van der Waals surface area contributed by atoms with Crippen molar-refractivity contribution >= 4 is 8.07 Å². The fourth-order valence-electron chi connectivity index (χ4n) is 2.78. The van der Waals surface area contributed by atoms with Crippen molar-refractivity contribution in [3.63, 3.8) is 0 Å². The molecule has 17 heavy (non-hydrogen) atoms. The minimum Gasteiger partial charge on any atom is -0.103 e. The first-order valence-electron chi connectivity index (χ1n) is 7.85. The van der Waals surface area contributed by atoms with Gasteiger partial charge in [0, 0.05) is 0 Å². The van der Waals surface area contributed by atoms with Gasteiger partial charge in [-0.15, -0.1) is 6.58 Å². The molecule has 0 fully saturated rings. The van der Waals surface area contributed by atoms with Gasteiger partial charge in [-0.05, 0) is 12.8 Å². The van der Waals surface area contributed by atoms with Crippen molar-refractivity contribution in [3.8, 4) is 0 Å². The molecule has 0 radical (unpaired) electrons. The van der Waals surface area contributed by atoms with Crippen LogP contribution >= 0.6 is 0 Å². The van der Waals surface area contributed by atoms with Gasteiger partial charge >= 0.3 is 0 Å². The highest BCUT2D eigenvalue weighted by Crippen LogP contribution is 2.27. The van der Waals surface area contributed by atoms with Crippen molar-refractivity contribution in [2.75, 3.05) is 0 Å². The molecule has 0 saturated carbocycles. The van der Waals surface area contributed by atoms with E-state index in [9.17, 15) is 0 Å². The van der Waals surface area contributed by atoms with Crippen molar-refractivity contribution in [1.82, 2.24) is 0 Å². The summed E-state index contributed by atoms with van der Waals surface area (Å²) in [6, 6.07) is 6.08.